The molecule has 0 aliphatic carbocycles. The molecular weight excluding hydrogens is 456 g/mol. The third-order valence-electron chi connectivity index (χ3n) is 5.44. The summed E-state index contributed by atoms with van der Waals surface area (Å²) in [5, 5.41) is 69.4. The molecule has 5 atom stereocenters. The maximum atomic E-state index is 13.3. The number of hydrogen-bond acceptors (Lipinski definition) is 12. The molecule has 0 saturated carbocycles. The van der Waals surface area contributed by atoms with E-state index in [1.807, 2.05) is 0 Å². The van der Waals surface area contributed by atoms with Gasteiger partial charge in [0.1, 0.15) is 46.9 Å². The third kappa shape index (κ3) is 3.97. The molecule has 1 saturated heterocycles. The molecule has 0 radical (unpaired) electrons. The van der Waals surface area contributed by atoms with Gasteiger partial charge in [0.05, 0.1) is 13.7 Å². The summed E-state index contributed by atoms with van der Waals surface area (Å²) in [6.45, 7) is -0.723. The maximum Gasteiger partial charge on any atom is 0.239 e. The van der Waals surface area contributed by atoms with E-state index in [2.05, 4.69) is 0 Å². The van der Waals surface area contributed by atoms with Crippen molar-refractivity contribution < 1.29 is 54.4 Å². The van der Waals surface area contributed by atoms with Gasteiger partial charge in [-0.3, -0.25) is 4.79 Å². The van der Waals surface area contributed by atoms with Crippen molar-refractivity contribution in [1.29, 1.82) is 0 Å². The van der Waals surface area contributed by atoms with Crippen LogP contribution in [-0.4, -0.2) is 80.2 Å². The van der Waals surface area contributed by atoms with Gasteiger partial charge < -0.3 is 54.4 Å². The average Bonchev–Trinajstić information content (AvgIpc) is 2.80. The Balaban J connectivity index is 1.92. The molecule has 0 unspecified atom stereocenters. The molecule has 1 aliphatic heterocycles. The van der Waals surface area contributed by atoms with E-state index in [-0.39, 0.29) is 39.5 Å². The van der Waals surface area contributed by atoms with Gasteiger partial charge in [0.15, 0.2) is 17.3 Å². The second kappa shape index (κ2) is 9.00. The molecule has 1 aliphatic rings. The summed E-state index contributed by atoms with van der Waals surface area (Å²) in [7, 11) is 1.30. The van der Waals surface area contributed by atoms with Crippen molar-refractivity contribution in [2.24, 2.45) is 0 Å². The van der Waals surface area contributed by atoms with Crippen LogP contribution in [0.1, 0.15) is 0 Å². The zero-order valence-electron chi connectivity index (χ0n) is 17.7. The molecule has 7 N–H and O–H groups in total. The van der Waals surface area contributed by atoms with E-state index in [0.717, 1.165) is 12.1 Å². The predicted molar refractivity (Wildman–Crippen MR) is 114 cm³/mol. The number of ether oxygens (including phenoxy) is 3. The molecule has 1 fully saturated rings. The van der Waals surface area contributed by atoms with Crippen LogP contribution in [0.4, 0.5) is 0 Å². The van der Waals surface area contributed by atoms with Crippen LogP contribution in [0, 0.1) is 0 Å². The lowest BCUT2D eigenvalue weighted by Crippen LogP contribution is -2.60. The first-order valence-corrected chi connectivity index (χ1v) is 10.0. The minimum Gasteiger partial charge on any atom is -0.508 e. The van der Waals surface area contributed by atoms with Crippen LogP contribution in [0.5, 0.6) is 28.7 Å². The highest BCUT2D eigenvalue weighted by Gasteiger charge is 2.45. The molecular formula is C22H22O12. The van der Waals surface area contributed by atoms with Gasteiger partial charge in [-0.25, -0.2) is 0 Å². The molecule has 0 bridgehead atoms. The summed E-state index contributed by atoms with van der Waals surface area (Å²) in [6.07, 6.45) is -8.29. The van der Waals surface area contributed by atoms with Crippen molar-refractivity contribution in [3.63, 3.8) is 0 Å². The van der Waals surface area contributed by atoms with Gasteiger partial charge in [-0.2, -0.15) is 0 Å². The molecule has 1 aromatic heterocycles. The number of rotatable bonds is 5. The Hall–Kier alpha value is -3.55. The Morgan fingerprint density at radius 3 is 2.38 bits per heavy atom. The third-order valence-corrected chi connectivity index (χ3v) is 5.44. The quantitative estimate of drug-likeness (QED) is 0.254. The molecule has 182 valence electrons. The summed E-state index contributed by atoms with van der Waals surface area (Å²) in [4.78, 5) is 13.3. The molecule has 0 spiro atoms. The average molecular weight is 478 g/mol. The van der Waals surface area contributed by atoms with Gasteiger partial charge in [0.25, 0.3) is 0 Å². The van der Waals surface area contributed by atoms with Crippen LogP contribution in [0.15, 0.2) is 39.5 Å². The Morgan fingerprint density at radius 1 is 0.971 bits per heavy atom. The number of phenols is 3. The van der Waals surface area contributed by atoms with E-state index in [1.165, 1.54) is 25.3 Å². The highest BCUT2D eigenvalue weighted by atomic mass is 16.7. The maximum absolute atomic E-state index is 13.3. The van der Waals surface area contributed by atoms with Gasteiger partial charge in [0, 0.05) is 17.7 Å². The van der Waals surface area contributed by atoms with Gasteiger partial charge in [-0.1, -0.05) is 0 Å². The van der Waals surface area contributed by atoms with Crippen LogP contribution in [-0.2, 0) is 4.74 Å². The Kier molecular flexibility index (Phi) is 6.25. The Morgan fingerprint density at radius 2 is 1.71 bits per heavy atom. The van der Waals surface area contributed by atoms with Crippen LogP contribution in [0.3, 0.4) is 0 Å². The number of aliphatic hydroxyl groups excluding tert-OH is 4. The summed E-state index contributed by atoms with van der Waals surface area (Å²) < 4.78 is 21.8. The molecule has 34 heavy (non-hydrogen) atoms. The first-order valence-electron chi connectivity index (χ1n) is 10.0. The highest BCUT2D eigenvalue weighted by molar-refractivity contribution is 5.88. The highest BCUT2D eigenvalue weighted by Crippen LogP contribution is 2.39. The normalized spacial score (nSPS) is 24.8. The van der Waals surface area contributed by atoms with E-state index >= 15 is 0 Å². The first-order chi connectivity index (χ1) is 16.2. The van der Waals surface area contributed by atoms with Gasteiger partial charge >= 0.3 is 0 Å². The molecule has 0 amide bonds. The fraction of sp³-hybridized carbons (Fsp3) is 0.318. The van der Waals surface area contributed by atoms with Crippen molar-refractivity contribution in [3.8, 4) is 40.1 Å². The zero-order chi connectivity index (χ0) is 24.7. The van der Waals surface area contributed by atoms with E-state index in [9.17, 15) is 40.5 Å². The van der Waals surface area contributed by atoms with Crippen LogP contribution in [0.2, 0.25) is 0 Å². The number of methoxy groups -OCH3 is 1. The van der Waals surface area contributed by atoms with Crippen molar-refractivity contribution in [2.75, 3.05) is 13.7 Å². The fourth-order valence-corrected chi connectivity index (χ4v) is 3.67. The number of aliphatic hydroxyl groups is 4. The van der Waals surface area contributed by atoms with Crippen LogP contribution < -0.4 is 14.9 Å². The molecule has 2 aromatic carbocycles. The smallest absolute Gasteiger partial charge is 0.239 e. The number of hydrogen-bond donors (Lipinski definition) is 7. The molecule has 3 aromatic rings. The van der Waals surface area contributed by atoms with Crippen LogP contribution >= 0.6 is 0 Å². The summed E-state index contributed by atoms with van der Waals surface area (Å²) in [5.74, 6) is -2.00. The van der Waals surface area contributed by atoms with Crippen molar-refractivity contribution in [3.05, 3.63) is 40.6 Å². The Bertz CT molecular complexity index is 1270. The second-order valence-electron chi connectivity index (χ2n) is 7.63. The molecule has 2 heterocycles. The number of fused-ring (bicyclic) bond motifs is 1. The van der Waals surface area contributed by atoms with Crippen LogP contribution in [0.25, 0.3) is 22.3 Å². The van der Waals surface area contributed by atoms with Crippen molar-refractivity contribution in [1.82, 2.24) is 0 Å². The van der Waals surface area contributed by atoms with Crippen molar-refractivity contribution >= 4 is 11.0 Å². The summed E-state index contributed by atoms with van der Waals surface area (Å²) in [6, 6.07) is 5.96. The van der Waals surface area contributed by atoms with E-state index in [1.54, 1.807) is 0 Å². The van der Waals surface area contributed by atoms with Gasteiger partial charge in [0.2, 0.25) is 17.5 Å². The summed E-state index contributed by atoms with van der Waals surface area (Å²) >= 11 is 0. The van der Waals surface area contributed by atoms with Gasteiger partial charge in [-0.05, 0) is 18.2 Å². The lowest BCUT2D eigenvalue weighted by molar-refractivity contribution is -0.277. The lowest BCUT2D eigenvalue weighted by Gasteiger charge is -2.39. The fourth-order valence-electron chi connectivity index (χ4n) is 3.67. The van der Waals surface area contributed by atoms with Crippen molar-refractivity contribution in [2.45, 2.75) is 30.7 Å². The molecule has 12 heteroatoms. The first kappa shape index (κ1) is 23.6. The standard InChI is InChI=1S/C22H22O12/c1-31-12-4-8(2-3-10(12)25)20-21(17(28)15-11(26)5-9(24)6-13(15)32-20)34-22-19(30)18(29)16(27)14(7-23)33-22/h2-6,14,16,18-19,22-27,29-30H,7H2,1H3/t14-,16+,18+,19-,22+/m1/s1. The van der Waals surface area contributed by atoms with E-state index in [4.69, 9.17) is 18.6 Å². The van der Waals surface area contributed by atoms with Gasteiger partial charge in [-0.15, -0.1) is 0 Å². The largest absolute Gasteiger partial charge is 0.508 e. The second-order valence-corrected chi connectivity index (χ2v) is 7.63. The SMILES string of the molecule is COc1cc(-c2oc3cc(O)cc(O)c3c(=O)c2O[C@@H]2O[C@H](CO)[C@H](O)[C@H](O)[C@H]2O)ccc1O. The topological polar surface area (TPSA) is 200 Å². The zero-order valence-corrected chi connectivity index (χ0v) is 17.7. The number of aromatic hydroxyl groups is 3. The van der Waals surface area contributed by atoms with E-state index in [0.29, 0.717) is 0 Å². The predicted octanol–water partition coefficient (Wildman–Crippen LogP) is -0.236. The minimum atomic E-state index is -1.83. The Labute approximate surface area is 191 Å². The minimum absolute atomic E-state index is 0.0257. The monoisotopic (exact) mass is 478 g/mol. The number of phenolic OH excluding ortho intramolecular Hbond substituents is 3. The lowest BCUT2D eigenvalue weighted by atomic mass is 9.99. The molecule has 12 nitrogen and oxygen atoms in total. The van der Waals surface area contributed by atoms with E-state index < -0.39 is 54.2 Å². The number of benzene rings is 2. The molecule has 4 rings (SSSR count). The summed E-state index contributed by atoms with van der Waals surface area (Å²) in [5.41, 5.74) is -0.959.